The minimum absolute atomic E-state index is 0.173. The molecule has 0 heterocycles. The molecule has 0 bridgehead atoms. The summed E-state index contributed by atoms with van der Waals surface area (Å²) in [6.07, 6.45) is 1.01. The number of sulfonamides is 1. The fourth-order valence-corrected chi connectivity index (χ4v) is 4.14. The molecule has 0 radical (unpaired) electrons. The van der Waals surface area contributed by atoms with E-state index in [1.165, 1.54) is 30.0 Å². The highest BCUT2D eigenvalue weighted by atomic mass is 127. The molecule has 0 saturated carbocycles. The highest BCUT2D eigenvalue weighted by Crippen LogP contribution is 2.20. The topological polar surface area (TPSA) is 86.8 Å². The van der Waals surface area contributed by atoms with Crippen molar-refractivity contribution in [1.29, 1.82) is 0 Å². The van der Waals surface area contributed by atoms with Crippen molar-refractivity contribution < 1.29 is 22.4 Å². The molecule has 2 aromatic rings. The first-order valence-electron chi connectivity index (χ1n) is 9.58. The van der Waals surface area contributed by atoms with Gasteiger partial charge in [-0.3, -0.25) is 13.9 Å². The molecule has 0 aliphatic rings. The first kappa shape index (κ1) is 25.1. The Bertz CT molecular complexity index is 1030. The Balaban J connectivity index is 2.38. The zero-order chi connectivity index (χ0) is 23.2. The van der Waals surface area contributed by atoms with Crippen LogP contribution >= 0.6 is 22.6 Å². The normalized spacial score (nSPS) is 12.2. The van der Waals surface area contributed by atoms with Gasteiger partial charge in [0, 0.05) is 22.2 Å². The van der Waals surface area contributed by atoms with Gasteiger partial charge >= 0.3 is 0 Å². The van der Waals surface area contributed by atoms with E-state index in [0.717, 1.165) is 14.1 Å². The molecule has 168 valence electrons. The molecule has 31 heavy (non-hydrogen) atoms. The van der Waals surface area contributed by atoms with E-state index in [4.69, 9.17) is 0 Å². The number of benzene rings is 2. The largest absolute Gasteiger partial charge is 0.355 e. The third-order valence-electron chi connectivity index (χ3n) is 4.61. The van der Waals surface area contributed by atoms with Gasteiger partial charge in [0.1, 0.15) is 18.4 Å². The Labute approximate surface area is 195 Å². The molecule has 1 unspecified atom stereocenters. The lowest BCUT2D eigenvalue weighted by molar-refractivity contribution is -0.139. The Morgan fingerprint density at radius 1 is 1.13 bits per heavy atom. The van der Waals surface area contributed by atoms with Gasteiger partial charge in [-0.1, -0.05) is 18.2 Å². The minimum atomic E-state index is -3.79. The summed E-state index contributed by atoms with van der Waals surface area (Å²) < 4.78 is 40.9. The molecule has 0 saturated heterocycles. The van der Waals surface area contributed by atoms with Crippen molar-refractivity contribution in [3.8, 4) is 0 Å². The molecule has 0 fully saturated rings. The number of rotatable bonds is 9. The van der Waals surface area contributed by atoms with E-state index in [-0.39, 0.29) is 12.1 Å². The summed E-state index contributed by atoms with van der Waals surface area (Å²) in [6, 6.07) is 11.7. The summed E-state index contributed by atoms with van der Waals surface area (Å²) in [5.74, 6) is -1.54. The second-order valence-corrected chi connectivity index (χ2v) is 10.1. The van der Waals surface area contributed by atoms with Crippen molar-refractivity contribution in [3.05, 3.63) is 63.5 Å². The number of hydrogen-bond acceptors (Lipinski definition) is 4. The smallest absolute Gasteiger partial charge is 0.244 e. The van der Waals surface area contributed by atoms with Crippen molar-refractivity contribution in [2.24, 2.45) is 0 Å². The molecule has 2 rings (SSSR count). The van der Waals surface area contributed by atoms with Crippen LogP contribution in [0.5, 0.6) is 0 Å². The predicted molar refractivity (Wildman–Crippen MR) is 126 cm³/mol. The summed E-state index contributed by atoms with van der Waals surface area (Å²) in [4.78, 5) is 26.8. The number of amides is 2. The zero-order valence-electron chi connectivity index (χ0n) is 17.5. The number of nitrogens with one attached hydrogen (secondary N) is 1. The van der Waals surface area contributed by atoms with Gasteiger partial charge < -0.3 is 10.2 Å². The summed E-state index contributed by atoms with van der Waals surface area (Å²) in [7, 11) is -3.79. The first-order valence-corrected chi connectivity index (χ1v) is 12.5. The predicted octanol–water partition coefficient (Wildman–Crippen LogP) is 2.75. The van der Waals surface area contributed by atoms with Crippen LogP contribution in [0.25, 0.3) is 0 Å². The average Bonchev–Trinajstić information content (AvgIpc) is 2.71. The molecule has 0 aliphatic heterocycles. The fourth-order valence-electron chi connectivity index (χ4n) is 2.94. The standard InChI is InChI=1S/C21H25FIN3O4S/c1-4-24-21(28)15(2)25(13-16-7-5-6-8-19(16)22)20(27)14-26(31(3,29)30)18-11-9-17(23)10-12-18/h5-12,15H,4,13-14H2,1-3H3,(H,24,28). The maximum absolute atomic E-state index is 14.2. The van der Waals surface area contributed by atoms with Crippen LogP contribution in [-0.4, -0.2) is 50.5 Å². The second kappa shape index (κ2) is 10.9. The van der Waals surface area contributed by atoms with E-state index in [2.05, 4.69) is 27.9 Å². The van der Waals surface area contributed by atoms with Crippen LogP contribution in [0.2, 0.25) is 0 Å². The van der Waals surface area contributed by atoms with Gasteiger partial charge in [0.05, 0.1) is 11.9 Å². The zero-order valence-corrected chi connectivity index (χ0v) is 20.5. The number of halogens is 2. The highest BCUT2D eigenvalue weighted by Gasteiger charge is 2.30. The molecular formula is C21H25FIN3O4S. The van der Waals surface area contributed by atoms with Gasteiger partial charge in [-0.2, -0.15) is 0 Å². The lowest BCUT2D eigenvalue weighted by atomic mass is 10.1. The Kier molecular flexibility index (Phi) is 8.80. The van der Waals surface area contributed by atoms with E-state index in [9.17, 15) is 22.4 Å². The second-order valence-electron chi connectivity index (χ2n) is 6.93. The van der Waals surface area contributed by atoms with Crippen LogP contribution in [-0.2, 0) is 26.2 Å². The lowest BCUT2D eigenvalue weighted by Gasteiger charge is -2.31. The lowest BCUT2D eigenvalue weighted by Crippen LogP contribution is -2.51. The summed E-state index contributed by atoms with van der Waals surface area (Å²) in [6.45, 7) is 2.95. The molecule has 1 atom stereocenters. The molecule has 10 heteroatoms. The van der Waals surface area contributed by atoms with Gasteiger partial charge in [-0.05, 0) is 66.8 Å². The Morgan fingerprint density at radius 3 is 2.29 bits per heavy atom. The van der Waals surface area contributed by atoms with Crippen molar-refractivity contribution in [2.75, 3.05) is 23.7 Å². The average molecular weight is 561 g/mol. The summed E-state index contributed by atoms with van der Waals surface area (Å²) in [5.41, 5.74) is 0.555. The molecule has 0 aliphatic carbocycles. The van der Waals surface area contributed by atoms with Crippen LogP contribution in [0.3, 0.4) is 0 Å². The SMILES string of the molecule is CCNC(=O)C(C)N(Cc1ccccc1F)C(=O)CN(c1ccc(I)cc1)S(C)(=O)=O. The molecule has 0 aromatic heterocycles. The van der Waals surface area contributed by atoms with E-state index >= 15 is 0 Å². The summed E-state index contributed by atoms with van der Waals surface area (Å²) in [5, 5.41) is 2.64. The van der Waals surface area contributed by atoms with Gasteiger partial charge in [0.2, 0.25) is 21.8 Å². The summed E-state index contributed by atoms with van der Waals surface area (Å²) >= 11 is 2.09. The number of likely N-dealkylation sites (N-methyl/N-ethyl adjacent to an activating group) is 1. The van der Waals surface area contributed by atoms with E-state index < -0.39 is 40.2 Å². The van der Waals surface area contributed by atoms with Crippen LogP contribution < -0.4 is 9.62 Å². The minimum Gasteiger partial charge on any atom is -0.355 e. The number of carbonyl (C=O) groups is 2. The molecule has 2 aromatic carbocycles. The first-order chi connectivity index (χ1) is 14.5. The van der Waals surface area contributed by atoms with E-state index in [1.807, 2.05) is 0 Å². The maximum Gasteiger partial charge on any atom is 0.244 e. The number of carbonyl (C=O) groups excluding carboxylic acids is 2. The Morgan fingerprint density at radius 2 is 1.74 bits per heavy atom. The molecule has 1 N–H and O–H groups in total. The van der Waals surface area contributed by atoms with Crippen LogP contribution in [0.1, 0.15) is 19.4 Å². The number of nitrogens with zero attached hydrogens (tertiary/aromatic N) is 2. The quantitative estimate of drug-likeness (QED) is 0.478. The molecule has 7 nitrogen and oxygen atoms in total. The van der Waals surface area contributed by atoms with Crippen molar-refractivity contribution in [3.63, 3.8) is 0 Å². The fraction of sp³-hybridized carbons (Fsp3) is 0.333. The highest BCUT2D eigenvalue weighted by molar-refractivity contribution is 14.1. The third kappa shape index (κ3) is 6.89. The number of anilines is 1. The van der Waals surface area contributed by atoms with Crippen LogP contribution in [0, 0.1) is 9.39 Å². The van der Waals surface area contributed by atoms with Crippen molar-refractivity contribution in [1.82, 2.24) is 10.2 Å². The molecular weight excluding hydrogens is 536 g/mol. The maximum atomic E-state index is 14.2. The van der Waals surface area contributed by atoms with E-state index in [1.54, 1.807) is 37.3 Å². The third-order valence-corrected chi connectivity index (χ3v) is 6.47. The monoisotopic (exact) mass is 561 g/mol. The van der Waals surface area contributed by atoms with Gasteiger partial charge in [0.25, 0.3) is 0 Å². The molecule has 0 spiro atoms. The van der Waals surface area contributed by atoms with Crippen molar-refractivity contribution in [2.45, 2.75) is 26.4 Å². The van der Waals surface area contributed by atoms with Crippen LogP contribution in [0.15, 0.2) is 48.5 Å². The van der Waals surface area contributed by atoms with Gasteiger partial charge in [-0.25, -0.2) is 12.8 Å². The van der Waals surface area contributed by atoms with Gasteiger partial charge in [-0.15, -0.1) is 0 Å². The van der Waals surface area contributed by atoms with E-state index in [0.29, 0.717) is 12.2 Å². The molecule has 2 amide bonds. The number of hydrogen-bond donors (Lipinski definition) is 1. The van der Waals surface area contributed by atoms with Gasteiger partial charge in [0.15, 0.2) is 0 Å². The Hall–Kier alpha value is -2.21. The van der Waals surface area contributed by atoms with Crippen molar-refractivity contribution >= 4 is 50.1 Å². The van der Waals surface area contributed by atoms with Crippen LogP contribution in [0.4, 0.5) is 10.1 Å².